The number of aromatic nitrogens is 1. The van der Waals surface area contributed by atoms with Crippen molar-refractivity contribution in [2.45, 2.75) is 33.1 Å². The number of piperidine rings is 1. The first kappa shape index (κ1) is 18.3. The van der Waals surface area contributed by atoms with Gasteiger partial charge in [0.1, 0.15) is 22.8 Å². The van der Waals surface area contributed by atoms with E-state index >= 15 is 0 Å². The van der Waals surface area contributed by atoms with E-state index in [1.165, 1.54) is 0 Å². The summed E-state index contributed by atoms with van der Waals surface area (Å²) in [7, 11) is 1.64. The van der Waals surface area contributed by atoms with Gasteiger partial charge in [0.05, 0.1) is 19.4 Å². The highest BCUT2D eigenvalue weighted by Crippen LogP contribution is 2.24. The number of benzene rings is 1. The van der Waals surface area contributed by atoms with Crippen LogP contribution in [0.2, 0.25) is 0 Å². The molecule has 1 aliphatic rings. The number of methoxy groups -OCH3 is 1. The van der Waals surface area contributed by atoms with Crippen molar-refractivity contribution in [2.75, 3.05) is 26.8 Å². The lowest BCUT2D eigenvalue weighted by Crippen LogP contribution is -2.42. The summed E-state index contributed by atoms with van der Waals surface area (Å²) in [6.07, 6.45) is 2.72. The van der Waals surface area contributed by atoms with Crippen LogP contribution in [0.1, 0.15) is 41.6 Å². The summed E-state index contributed by atoms with van der Waals surface area (Å²) < 4.78 is 16.4. The molecule has 0 radical (unpaired) electrons. The maximum atomic E-state index is 12.9. The van der Waals surface area contributed by atoms with Gasteiger partial charge >= 0.3 is 0 Å². The molecule has 3 rings (SSSR count). The average molecular weight is 358 g/mol. The lowest BCUT2D eigenvalue weighted by Gasteiger charge is -2.32. The van der Waals surface area contributed by atoms with Crippen molar-refractivity contribution >= 4 is 5.91 Å². The fourth-order valence-corrected chi connectivity index (χ4v) is 3.38. The molecule has 0 saturated carbocycles. The number of ether oxygens (including phenoxy) is 2. The Morgan fingerprint density at radius 2 is 2.19 bits per heavy atom. The zero-order valence-electron chi connectivity index (χ0n) is 15.7. The largest absolute Gasteiger partial charge is 0.497 e. The number of amides is 1. The van der Waals surface area contributed by atoms with Crippen molar-refractivity contribution in [2.24, 2.45) is 5.92 Å². The predicted molar refractivity (Wildman–Crippen MR) is 97.7 cm³/mol. The van der Waals surface area contributed by atoms with E-state index < -0.39 is 0 Å². The van der Waals surface area contributed by atoms with Crippen molar-refractivity contribution < 1.29 is 18.8 Å². The standard InChI is InChI=1S/C20H26N2O4/c1-4-18-19(14(2)26-21-18)20(23)22-10-6-7-15(12-22)13-25-17-9-5-8-16(11-17)24-3/h5,8-9,11,15H,4,6-7,10,12-13H2,1-3H3/t15-/m1/s1. The summed E-state index contributed by atoms with van der Waals surface area (Å²) in [5.74, 6) is 2.49. The first-order valence-corrected chi connectivity index (χ1v) is 9.13. The molecule has 2 heterocycles. The Kier molecular flexibility index (Phi) is 5.81. The van der Waals surface area contributed by atoms with Gasteiger partial charge in [0.2, 0.25) is 0 Å². The van der Waals surface area contributed by atoms with Crippen LogP contribution in [0.5, 0.6) is 11.5 Å². The molecule has 6 heteroatoms. The van der Waals surface area contributed by atoms with Gasteiger partial charge in [-0.15, -0.1) is 0 Å². The molecule has 1 aromatic carbocycles. The fraction of sp³-hybridized carbons (Fsp3) is 0.500. The first-order chi connectivity index (χ1) is 12.6. The lowest BCUT2D eigenvalue weighted by molar-refractivity contribution is 0.0630. The van der Waals surface area contributed by atoms with Crippen LogP contribution < -0.4 is 9.47 Å². The monoisotopic (exact) mass is 358 g/mol. The molecule has 0 aliphatic carbocycles. The van der Waals surface area contributed by atoms with Gasteiger partial charge in [-0.3, -0.25) is 4.79 Å². The zero-order chi connectivity index (χ0) is 18.5. The Hall–Kier alpha value is -2.50. The summed E-state index contributed by atoms with van der Waals surface area (Å²) in [6.45, 7) is 5.82. The SMILES string of the molecule is CCc1noc(C)c1C(=O)N1CCC[C@@H](COc2cccc(OC)c2)C1. The second-order valence-corrected chi connectivity index (χ2v) is 6.66. The number of rotatable bonds is 6. The first-order valence-electron chi connectivity index (χ1n) is 9.13. The molecule has 1 aromatic heterocycles. The molecule has 1 saturated heterocycles. The van der Waals surface area contributed by atoms with Crippen molar-refractivity contribution in [3.63, 3.8) is 0 Å². The summed E-state index contributed by atoms with van der Waals surface area (Å²) in [4.78, 5) is 14.8. The number of aryl methyl sites for hydroxylation is 2. The van der Waals surface area contributed by atoms with Gasteiger partial charge < -0.3 is 18.9 Å². The molecule has 26 heavy (non-hydrogen) atoms. The third-order valence-corrected chi connectivity index (χ3v) is 4.82. The van der Waals surface area contributed by atoms with E-state index in [-0.39, 0.29) is 5.91 Å². The van der Waals surface area contributed by atoms with Crippen LogP contribution in [0.3, 0.4) is 0 Å². The van der Waals surface area contributed by atoms with E-state index in [1.807, 2.05) is 36.1 Å². The van der Waals surface area contributed by atoms with Gasteiger partial charge in [-0.1, -0.05) is 18.1 Å². The van der Waals surface area contributed by atoms with Crippen LogP contribution in [0.15, 0.2) is 28.8 Å². The van der Waals surface area contributed by atoms with Crippen molar-refractivity contribution in [3.05, 3.63) is 41.3 Å². The minimum absolute atomic E-state index is 0.0201. The minimum Gasteiger partial charge on any atom is -0.497 e. The molecule has 0 spiro atoms. The third-order valence-electron chi connectivity index (χ3n) is 4.82. The van der Waals surface area contributed by atoms with Gasteiger partial charge in [0, 0.05) is 25.1 Å². The van der Waals surface area contributed by atoms with Crippen LogP contribution in [0, 0.1) is 12.8 Å². The van der Waals surface area contributed by atoms with E-state index in [1.54, 1.807) is 14.0 Å². The van der Waals surface area contributed by atoms with Crippen LogP contribution in [-0.2, 0) is 6.42 Å². The fourth-order valence-electron chi connectivity index (χ4n) is 3.38. The summed E-state index contributed by atoms with van der Waals surface area (Å²) in [5.41, 5.74) is 1.36. The molecule has 1 atom stereocenters. The molecule has 1 amide bonds. The molecule has 140 valence electrons. The van der Waals surface area contributed by atoms with E-state index in [0.717, 1.165) is 36.6 Å². The molecule has 0 bridgehead atoms. The van der Waals surface area contributed by atoms with Gasteiger partial charge in [0.15, 0.2) is 0 Å². The number of likely N-dealkylation sites (tertiary alicyclic amines) is 1. The van der Waals surface area contributed by atoms with E-state index in [0.29, 0.717) is 36.8 Å². The predicted octanol–water partition coefficient (Wildman–Crippen LogP) is 3.49. The van der Waals surface area contributed by atoms with Crippen LogP contribution >= 0.6 is 0 Å². The Morgan fingerprint density at radius 3 is 2.96 bits per heavy atom. The second kappa shape index (κ2) is 8.25. The Morgan fingerprint density at radius 1 is 1.38 bits per heavy atom. The maximum Gasteiger partial charge on any atom is 0.259 e. The van der Waals surface area contributed by atoms with Crippen molar-refractivity contribution in [3.8, 4) is 11.5 Å². The second-order valence-electron chi connectivity index (χ2n) is 6.66. The molecule has 2 aromatic rings. The Labute approximate surface area is 154 Å². The summed E-state index contributed by atoms with van der Waals surface area (Å²) in [5, 5.41) is 4.00. The van der Waals surface area contributed by atoms with Gasteiger partial charge in [-0.2, -0.15) is 0 Å². The van der Waals surface area contributed by atoms with E-state index in [4.69, 9.17) is 14.0 Å². The Balaban J connectivity index is 1.62. The van der Waals surface area contributed by atoms with Gasteiger partial charge in [-0.05, 0) is 38.3 Å². The lowest BCUT2D eigenvalue weighted by atomic mass is 9.98. The molecule has 0 N–H and O–H groups in total. The topological polar surface area (TPSA) is 64.8 Å². The number of carbonyl (C=O) groups excluding carboxylic acids is 1. The van der Waals surface area contributed by atoms with Crippen molar-refractivity contribution in [1.82, 2.24) is 10.1 Å². The molecule has 1 aliphatic heterocycles. The summed E-state index contributed by atoms with van der Waals surface area (Å²) in [6, 6.07) is 7.59. The molecule has 6 nitrogen and oxygen atoms in total. The summed E-state index contributed by atoms with van der Waals surface area (Å²) >= 11 is 0. The third kappa shape index (κ3) is 4.00. The van der Waals surface area contributed by atoms with Crippen molar-refractivity contribution in [1.29, 1.82) is 0 Å². The highest BCUT2D eigenvalue weighted by Gasteiger charge is 2.29. The van der Waals surface area contributed by atoms with Crippen LogP contribution in [0.4, 0.5) is 0 Å². The highest BCUT2D eigenvalue weighted by atomic mass is 16.5. The highest BCUT2D eigenvalue weighted by molar-refractivity contribution is 5.96. The average Bonchev–Trinajstić information content (AvgIpc) is 3.06. The molecule has 1 fully saturated rings. The molecular weight excluding hydrogens is 332 g/mol. The van der Waals surface area contributed by atoms with Crippen LogP contribution in [0.25, 0.3) is 0 Å². The number of hydrogen-bond donors (Lipinski definition) is 0. The van der Waals surface area contributed by atoms with Gasteiger partial charge in [-0.25, -0.2) is 0 Å². The zero-order valence-corrected chi connectivity index (χ0v) is 15.7. The Bertz CT molecular complexity index is 756. The van der Waals surface area contributed by atoms with Crippen LogP contribution in [-0.4, -0.2) is 42.8 Å². The number of nitrogens with zero attached hydrogens (tertiary/aromatic N) is 2. The van der Waals surface area contributed by atoms with E-state index in [2.05, 4.69) is 5.16 Å². The van der Waals surface area contributed by atoms with Gasteiger partial charge in [0.25, 0.3) is 5.91 Å². The van der Waals surface area contributed by atoms with E-state index in [9.17, 15) is 4.79 Å². The smallest absolute Gasteiger partial charge is 0.259 e. The number of hydrogen-bond acceptors (Lipinski definition) is 5. The number of carbonyl (C=O) groups is 1. The molecular formula is C20H26N2O4. The quantitative estimate of drug-likeness (QED) is 0.791. The maximum absolute atomic E-state index is 12.9. The minimum atomic E-state index is 0.0201. The normalized spacial score (nSPS) is 17.2. The molecule has 0 unspecified atom stereocenters.